The monoisotopic (exact) mass is 818 g/mol. The molecule has 13 rings (SSSR count). The van der Waals surface area contributed by atoms with Crippen molar-refractivity contribution in [3.05, 3.63) is 230 Å². The van der Waals surface area contributed by atoms with Crippen LogP contribution in [-0.4, -0.2) is 4.57 Å². The van der Waals surface area contributed by atoms with Crippen molar-refractivity contribution < 1.29 is 4.42 Å². The summed E-state index contributed by atoms with van der Waals surface area (Å²) in [5.74, 6) is 0. The van der Waals surface area contributed by atoms with Crippen LogP contribution < -0.4 is 4.90 Å². The van der Waals surface area contributed by atoms with Crippen LogP contribution in [0.1, 0.15) is 25.0 Å². The maximum Gasteiger partial charge on any atom is 0.159 e. The highest BCUT2D eigenvalue weighted by Crippen LogP contribution is 2.50. The average Bonchev–Trinajstić information content (AvgIpc) is 3.98. The molecule has 0 radical (unpaired) electrons. The summed E-state index contributed by atoms with van der Waals surface area (Å²) < 4.78 is 9.39. The first-order valence-electron chi connectivity index (χ1n) is 22.2. The second kappa shape index (κ2) is 13.9. The summed E-state index contributed by atoms with van der Waals surface area (Å²) >= 11 is 0. The first-order valence-corrected chi connectivity index (χ1v) is 22.2. The Labute approximate surface area is 371 Å². The van der Waals surface area contributed by atoms with Gasteiger partial charge in [0.2, 0.25) is 0 Å². The Morgan fingerprint density at radius 2 is 1.03 bits per heavy atom. The molecule has 3 nitrogen and oxygen atoms in total. The van der Waals surface area contributed by atoms with Crippen molar-refractivity contribution >= 4 is 71.6 Å². The van der Waals surface area contributed by atoms with Crippen LogP contribution in [0.15, 0.2) is 223 Å². The minimum Gasteiger partial charge on any atom is -0.453 e. The summed E-state index contributed by atoms with van der Waals surface area (Å²) in [7, 11) is 0. The van der Waals surface area contributed by atoms with Crippen LogP contribution in [0.2, 0.25) is 0 Å². The molecule has 0 atom stereocenters. The molecule has 2 aromatic heterocycles. The van der Waals surface area contributed by atoms with E-state index in [4.69, 9.17) is 4.42 Å². The fourth-order valence-corrected chi connectivity index (χ4v) is 10.6. The van der Waals surface area contributed by atoms with Crippen LogP contribution >= 0.6 is 0 Å². The topological polar surface area (TPSA) is 21.3 Å². The Bertz CT molecular complexity index is 3810. The fraction of sp³-hybridized carbons (Fsp3) is 0.0492. The molecule has 0 amide bonds. The van der Waals surface area contributed by atoms with Crippen LogP contribution in [0.5, 0.6) is 0 Å². The summed E-state index contributed by atoms with van der Waals surface area (Å²) in [4.78, 5) is 2.36. The lowest BCUT2D eigenvalue weighted by Gasteiger charge is -2.26. The van der Waals surface area contributed by atoms with E-state index in [9.17, 15) is 0 Å². The van der Waals surface area contributed by atoms with Gasteiger partial charge in [-0.2, -0.15) is 0 Å². The van der Waals surface area contributed by atoms with Crippen molar-refractivity contribution in [3.8, 4) is 39.1 Å². The van der Waals surface area contributed by atoms with Gasteiger partial charge in [-0.05, 0) is 117 Å². The molecule has 0 aliphatic heterocycles. The molecule has 10 aromatic carbocycles. The molecule has 1 aliphatic carbocycles. The largest absolute Gasteiger partial charge is 0.453 e. The first kappa shape index (κ1) is 36.5. The number of furan rings is 1. The lowest BCUT2D eigenvalue weighted by molar-refractivity contribution is 0.660. The Morgan fingerprint density at radius 3 is 1.92 bits per heavy atom. The highest BCUT2D eigenvalue weighted by molar-refractivity contribution is 6.17. The third-order valence-electron chi connectivity index (χ3n) is 13.8. The highest BCUT2D eigenvalue weighted by Gasteiger charge is 2.35. The van der Waals surface area contributed by atoms with Gasteiger partial charge in [0.1, 0.15) is 5.58 Å². The van der Waals surface area contributed by atoms with Crippen molar-refractivity contribution in [2.75, 3.05) is 4.90 Å². The van der Waals surface area contributed by atoms with Crippen LogP contribution in [-0.2, 0) is 5.41 Å². The van der Waals surface area contributed by atoms with E-state index < -0.39 is 0 Å². The number of anilines is 3. The molecule has 2 heterocycles. The molecule has 64 heavy (non-hydrogen) atoms. The summed E-state index contributed by atoms with van der Waals surface area (Å²) in [6, 6.07) is 79.6. The smallest absolute Gasteiger partial charge is 0.159 e. The lowest BCUT2D eigenvalue weighted by Crippen LogP contribution is -2.14. The van der Waals surface area contributed by atoms with E-state index in [-0.39, 0.29) is 5.41 Å². The standard InChI is InChI=1S/C61H42N2O/c1-61(2)54-23-10-8-20-48(54)49-33-29-42(37-55(49)61)41-15-12-18-46(36-41)62(57-25-13-22-52-53-35-28-40-14-6-7-19-47(40)59(53)64-60(52)57)45-31-26-39(27-32-45)43-30-34-51-50-21-9-11-24-56(50)63(58(51)38-43)44-16-4-3-5-17-44/h3-38H,1-2H3. The van der Waals surface area contributed by atoms with Gasteiger partial charge in [-0.3, -0.25) is 0 Å². The number of rotatable bonds is 6. The number of hydrogen-bond acceptors (Lipinski definition) is 2. The lowest BCUT2D eigenvalue weighted by atomic mass is 9.81. The molecule has 0 unspecified atom stereocenters. The number of aromatic nitrogens is 1. The van der Waals surface area contributed by atoms with E-state index in [1.54, 1.807) is 0 Å². The molecule has 0 bridgehead atoms. The molecule has 302 valence electrons. The Balaban J connectivity index is 0.966. The van der Waals surface area contributed by atoms with Gasteiger partial charge in [-0.25, -0.2) is 0 Å². The zero-order valence-electron chi connectivity index (χ0n) is 35.6. The van der Waals surface area contributed by atoms with Gasteiger partial charge in [0.05, 0.1) is 16.7 Å². The molecule has 0 fully saturated rings. The molecule has 0 spiro atoms. The van der Waals surface area contributed by atoms with Gasteiger partial charge in [0.15, 0.2) is 5.58 Å². The molecular formula is C61H42N2O. The van der Waals surface area contributed by atoms with Crippen LogP contribution in [0, 0.1) is 0 Å². The second-order valence-electron chi connectivity index (χ2n) is 17.7. The number of para-hydroxylation sites is 3. The summed E-state index contributed by atoms with van der Waals surface area (Å²) in [6.07, 6.45) is 0. The maximum atomic E-state index is 7.00. The summed E-state index contributed by atoms with van der Waals surface area (Å²) in [5, 5.41) is 6.99. The maximum absolute atomic E-state index is 7.00. The van der Waals surface area contributed by atoms with Gasteiger partial charge >= 0.3 is 0 Å². The van der Waals surface area contributed by atoms with E-state index in [0.717, 1.165) is 55.6 Å². The van der Waals surface area contributed by atoms with Crippen molar-refractivity contribution in [2.24, 2.45) is 0 Å². The third-order valence-corrected chi connectivity index (χ3v) is 13.8. The van der Waals surface area contributed by atoms with Gasteiger partial charge < -0.3 is 13.9 Å². The number of benzene rings is 10. The second-order valence-corrected chi connectivity index (χ2v) is 17.7. The highest BCUT2D eigenvalue weighted by atomic mass is 16.3. The Hall–Kier alpha value is -8.14. The van der Waals surface area contributed by atoms with Crippen LogP contribution in [0.4, 0.5) is 17.1 Å². The number of fused-ring (bicyclic) bond motifs is 11. The summed E-state index contributed by atoms with van der Waals surface area (Å²) in [5.41, 5.74) is 18.4. The normalized spacial score (nSPS) is 13.0. The van der Waals surface area contributed by atoms with Crippen LogP contribution in [0.25, 0.3) is 93.6 Å². The summed E-state index contributed by atoms with van der Waals surface area (Å²) in [6.45, 7) is 4.70. The quantitative estimate of drug-likeness (QED) is 0.167. The Morgan fingerprint density at radius 1 is 0.391 bits per heavy atom. The molecule has 12 aromatic rings. The van der Waals surface area contributed by atoms with E-state index >= 15 is 0 Å². The van der Waals surface area contributed by atoms with E-state index in [1.807, 2.05) is 0 Å². The van der Waals surface area contributed by atoms with E-state index in [1.165, 1.54) is 66.1 Å². The van der Waals surface area contributed by atoms with E-state index in [0.29, 0.717) is 0 Å². The van der Waals surface area contributed by atoms with Crippen molar-refractivity contribution in [2.45, 2.75) is 19.3 Å². The van der Waals surface area contributed by atoms with Gasteiger partial charge in [-0.15, -0.1) is 0 Å². The minimum atomic E-state index is -0.0862. The predicted octanol–water partition coefficient (Wildman–Crippen LogP) is 16.9. The SMILES string of the molecule is CC1(C)c2ccccc2-c2ccc(-c3cccc(N(c4ccc(-c5ccc6c7ccccc7n(-c7ccccc7)c6c5)cc4)c4cccc5c4oc4c6ccccc6ccc54)c3)cc21. The minimum absolute atomic E-state index is 0.0862. The molecule has 0 saturated heterocycles. The van der Waals surface area contributed by atoms with E-state index in [2.05, 4.69) is 242 Å². The van der Waals surface area contributed by atoms with Crippen molar-refractivity contribution in [3.63, 3.8) is 0 Å². The Kier molecular flexibility index (Phi) is 7.95. The molecule has 1 aliphatic rings. The molecule has 3 heteroatoms. The molecule has 0 saturated carbocycles. The van der Waals surface area contributed by atoms with Gasteiger partial charge in [-0.1, -0.05) is 166 Å². The third kappa shape index (κ3) is 5.47. The van der Waals surface area contributed by atoms with Crippen LogP contribution in [0.3, 0.4) is 0 Å². The van der Waals surface area contributed by atoms with Crippen molar-refractivity contribution in [1.82, 2.24) is 4.57 Å². The first-order chi connectivity index (χ1) is 31.5. The molecule has 0 N–H and O–H groups in total. The van der Waals surface area contributed by atoms with Gasteiger partial charge in [0.25, 0.3) is 0 Å². The fourth-order valence-electron chi connectivity index (χ4n) is 10.6. The average molecular weight is 819 g/mol. The van der Waals surface area contributed by atoms with Gasteiger partial charge in [0, 0.05) is 49.4 Å². The van der Waals surface area contributed by atoms with Crippen molar-refractivity contribution in [1.29, 1.82) is 0 Å². The zero-order valence-corrected chi connectivity index (χ0v) is 35.6. The molecular weight excluding hydrogens is 777 g/mol. The zero-order chi connectivity index (χ0) is 42.5. The number of nitrogens with zero attached hydrogens (tertiary/aromatic N) is 2. The number of hydrogen-bond donors (Lipinski definition) is 0. The predicted molar refractivity (Wildman–Crippen MR) is 269 cm³/mol.